The lowest BCUT2D eigenvalue weighted by Crippen LogP contribution is -2.41. The summed E-state index contributed by atoms with van der Waals surface area (Å²) in [6, 6.07) is 2.37. The summed E-state index contributed by atoms with van der Waals surface area (Å²) in [5.74, 6) is 0. The zero-order chi connectivity index (χ0) is 14.4. The standard InChI is InChI=1S/C15H30N2O2/c1-4-9-17-15(3,14-16)8-6-7-11-19-13-12-18-10-5-2/h17H,4-13H2,1-3H3. The maximum absolute atomic E-state index is 9.17. The summed E-state index contributed by atoms with van der Waals surface area (Å²) in [7, 11) is 0. The van der Waals surface area contributed by atoms with Gasteiger partial charge in [0.25, 0.3) is 0 Å². The number of nitrogens with zero attached hydrogens (tertiary/aromatic N) is 1. The van der Waals surface area contributed by atoms with Crippen LogP contribution in [-0.2, 0) is 9.47 Å². The molecule has 0 aromatic carbocycles. The Bertz CT molecular complexity index is 241. The zero-order valence-corrected chi connectivity index (χ0v) is 12.8. The van der Waals surface area contributed by atoms with Crippen molar-refractivity contribution in [2.24, 2.45) is 0 Å². The van der Waals surface area contributed by atoms with E-state index in [-0.39, 0.29) is 5.54 Å². The highest BCUT2D eigenvalue weighted by atomic mass is 16.5. The van der Waals surface area contributed by atoms with Gasteiger partial charge in [-0.1, -0.05) is 13.8 Å². The molecule has 0 saturated heterocycles. The highest BCUT2D eigenvalue weighted by molar-refractivity contribution is 5.03. The Morgan fingerprint density at radius 3 is 2.26 bits per heavy atom. The molecule has 1 atom stereocenters. The fourth-order valence-electron chi connectivity index (χ4n) is 1.73. The topological polar surface area (TPSA) is 54.3 Å². The normalized spacial score (nSPS) is 14.0. The van der Waals surface area contributed by atoms with Gasteiger partial charge < -0.3 is 9.47 Å². The molecule has 0 spiro atoms. The number of ether oxygens (including phenoxy) is 2. The van der Waals surface area contributed by atoms with Gasteiger partial charge in [0.1, 0.15) is 5.54 Å². The first-order chi connectivity index (χ1) is 9.18. The molecule has 0 fully saturated rings. The molecular formula is C15H30N2O2. The number of nitrogens with one attached hydrogen (secondary N) is 1. The van der Waals surface area contributed by atoms with E-state index in [0.29, 0.717) is 13.2 Å². The molecule has 0 saturated carbocycles. The molecule has 0 aliphatic rings. The molecular weight excluding hydrogens is 240 g/mol. The Labute approximate surface area is 118 Å². The van der Waals surface area contributed by atoms with Gasteiger partial charge in [-0.3, -0.25) is 5.32 Å². The van der Waals surface area contributed by atoms with E-state index in [1.165, 1.54) is 0 Å². The summed E-state index contributed by atoms with van der Waals surface area (Å²) in [6.45, 7) is 10.00. The monoisotopic (exact) mass is 270 g/mol. The van der Waals surface area contributed by atoms with E-state index in [1.807, 2.05) is 6.92 Å². The Balaban J connectivity index is 3.44. The Hall–Kier alpha value is -0.630. The van der Waals surface area contributed by atoms with Crippen molar-refractivity contribution in [2.45, 2.75) is 58.4 Å². The molecule has 4 heteroatoms. The van der Waals surface area contributed by atoms with E-state index in [0.717, 1.165) is 51.9 Å². The number of hydrogen-bond acceptors (Lipinski definition) is 4. The first-order valence-corrected chi connectivity index (χ1v) is 7.50. The van der Waals surface area contributed by atoms with Gasteiger partial charge in [0.05, 0.1) is 19.3 Å². The van der Waals surface area contributed by atoms with Crippen LogP contribution >= 0.6 is 0 Å². The van der Waals surface area contributed by atoms with Gasteiger partial charge in [-0.2, -0.15) is 5.26 Å². The van der Waals surface area contributed by atoms with Crippen molar-refractivity contribution in [1.82, 2.24) is 5.32 Å². The van der Waals surface area contributed by atoms with Crippen molar-refractivity contribution in [2.75, 3.05) is 33.0 Å². The van der Waals surface area contributed by atoms with E-state index in [9.17, 15) is 5.26 Å². The number of unbranched alkanes of at least 4 members (excludes halogenated alkanes) is 1. The first-order valence-electron chi connectivity index (χ1n) is 7.50. The van der Waals surface area contributed by atoms with E-state index in [2.05, 4.69) is 25.2 Å². The van der Waals surface area contributed by atoms with Crippen LogP contribution in [-0.4, -0.2) is 38.5 Å². The summed E-state index contributed by atoms with van der Waals surface area (Å²) < 4.78 is 10.8. The summed E-state index contributed by atoms with van der Waals surface area (Å²) in [5.41, 5.74) is -0.389. The Morgan fingerprint density at radius 2 is 1.68 bits per heavy atom. The van der Waals surface area contributed by atoms with Crippen LogP contribution in [0, 0.1) is 11.3 Å². The largest absolute Gasteiger partial charge is 0.379 e. The molecule has 4 nitrogen and oxygen atoms in total. The van der Waals surface area contributed by atoms with Crippen molar-refractivity contribution < 1.29 is 9.47 Å². The molecule has 1 N–H and O–H groups in total. The van der Waals surface area contributed by atoms with Gasteiger partial charge in [0.15, 0.2) is 0 Å². The Kier molecular flexibility index (Phi) is 12.0. The second kappa shape index (κ2) is 12.4. The van der Waals surface area contributed by atoms with Gasteiger partial charge in [-0.25, -0.2) is 0 Å². The number of nitriles is 1. The molecule has 0 bridgehead atoms. The molecule has 0 aliphatic carbocycles. The average molecular weight is 270 g/mol. The van der Waals surface area contributed by atoms with Crippen LogP contribution in [0.3, 0.4) is 0 Å². The summed E-state index contributed by atoms with van der Waals surface area (Å²) >= 11 is 0. The van der Waals surface area contributed by atoms with Gasteiger partial charge in [-0.05, 0) is 45.6 Å². The third-order valence-electron chi connectivity index (χ3n) is 2.95. The summed E-state index contributed by atoms with van der Waals surface area (Å²) in [4.78, 5) is 0. The number of rotatable bonds is 13. The molecule has 112 valence electrons. The fourth-order valence-corrected chi connectivity index (χ4v) is 1.73. The highest BCUT2D eigenvalue weighted by Gasteiger charge is 2.21. The summed E-state index contributed by atoms with van der Waals surface area (Å²) in [6.07, 6.45) is 4.99. The van der Waals surface area contributed by atoms with Crippen molar-refractivity contribution in [1.29, 1.82) is 5.26 Å². The van der Waals surface area contributed by atoms with E-state index < -0.39 is 0 Å². The fraction of sp³-hybridized carbons (Fsp3) is 0.933. The van der Waals surface area contributed by atoms with Crippen LogP contribution in [0.25, 0.3) is 0 Å². The molecule has 0 amide bonds. The van der Waals surface area contributed by atoms with Crippen molar-refractivity contribution in [3.8, 4) is 6.07 Å². The van der Waals surface area contributed by atoms with E-state index >= 15 is 0 Å². The highest BCUT2D eigenvalue weighted by Crippen LogP contribution is 2.12. The zero-order valence-electron chi connectivity index (χ0n) is 12.8. The minimum Gasteiger partial charge on any atom is -0.379 e. The van der Waals surface area contributed by atoms with Crippen LogP contribution in [0.5, 0.6) is 0 Å². The predicted octanol–water partition coefficient (Wildman–Crippen LogP) is 2.88. The van der Waals surface area contributed by atoms with Gasteiger partial charge >= 0.3 is 0 Å². The van der Waals surface area contributed by atoms with Crippen LogP contribution in [0.2, 0.25) is 0 Å². The minimum absolute atomic E-state index is 0.389. The molecule has 0 rings (SSSR count). The third kappa shape index (κ3) is 10.9. The maximum atomic E-state index is 9.17. The SMILES string of the molecule is CCCNC(C)(C#N)CCCCOCCOCCC. The Morgan fingerprint density at radius 1 is 1.00 bits per heavy atom. The first kappa shape index (κ1) is 18.4. The molecule has 1 unspecified atom stereocenters. The second-order valence-corrected chi connectivity index (χ2v) is 5.05. The van der Waals surface area contributed by atoms with Gasteiger partial charge in [0.2, 0.25) is 0 Å². The molecule has 0 radical (unpaired) electrons. The molecule has 0 aromatic rings. The lowest BCUT2D eigenvalue weighted by atomic mass is 9.96. The minimum atomic E-state index is -0.389. The van der Waals surface area contributed by atoms with E-state index in [1.54, 1.807) is 0 Å². The number of hydrogen-bond donors (Lipinski definition) is 1. The van der Waals surface area contributed by atoms with Crippen LogP contribution in [0.15, 0.2) is 0 Å². The quantitative estimate of drug-likeness (QED) is 0.523. The lowest BCUT2D eigenvalue weighted by molar-refractivity contribution is 0.0462. The maximum Gasteiger partial charge on any atom is 0.103 e. The third-order valence-corrected chi connectivity index (χ3v) is 2.95. The predicted molar refractivity (Wildman–Crippen MR) is 78.1 cm³/mol. The van der Waals surface area contributed by atoms with Crippen LogP contribution < -0.4 is 5.32 Å². The smallest absolute Gasteiger partial charge is 0.103 e. The van der Waals surface area contributed by atoms with Crippen molar-refractivity contribution in [3.05, 3.63) is 0 Å². The van der Waals surface area contributed by atoms with Crippen molar-refractivity contribution in [3.63, 3.8) is 0 Å². The molecule has 0 aromatic heterocycles. The summed E-state index contributed by atoms with van der Waals surface area (Å²) in [5, 5.41) is 12.5. The molecule has 0 heterocycles. The second-order valence-electron chi connectivity index (χ2n) is 5.05. The lowest BCUT2D eigenvalue weighted by Gasteiger charge is -2.22. The molecule has 19 heavy (non-hydrogen) atoms. The van der Waals surface area contributed by atoms with Gasteiger partial charge in [-0.15, -0.1) is 0 Å². The van der Waals surface area contributed by atoms with Crippen molar-refractivity contribution >= 4 is 0 Å². The average Bonchev–Trinajstić information content (AvgIpc) is 2.43. The van der Waals surface area contributed by atoms with E-state index in [4.69, 9.17) is 9.47 Å². The van der Waals surface area contributed by atoms with Crippen LogP contribution in [0.4, 0.5) is 0 Å². The van der Waals surface area contributed by atoms with Crippen LogP contribution in [0.1, 0.15) is 52.9 Å². The molecule has 0 aliphatic heterocycles. The van der Waals surface area contributed by atoms with Gasteiger partial charge in [0, 0.05) is 13.2 Å².